The number of hydrogen-bond donors (Lipinski definition) is 0. The first-order valence-electron chi connectivity index (χ1n) is 7.62. The number of allylic oxidation sites excluding steroid dienone is 2. The molecule has 1 unspecified atom stereocenters. The zero-order valence-electron chi connectivity index (χ0n) is 14.0. The fraction of sp³-hybridized carbons (Fsp3) is 0.529. The largest absolute Gasteiger partial charge is 0.465 e. The lowest BCUT2D eigenvalue weighted by molar-refractivity contribution is -0.138. The molecule has 0 aromatic carbocycles. The van der Waals surface area contributed by atoms with E-state index in [-0.39, 0.29) is 23.7 Å². The second-order valence-corrected chi connectivity index (χ2v) is 5.93. The van der Waals surface area contributed by atoms with E-state index in [0.717, 1.165) is 12.8 Å². The Hall–Kier alpha value is -2.25. The summed E-state index contributed by atoms with van der Waals surface area (Å²) in [4.78, 5) is 24.5. The SMILES string of the molecule is CCOC(=O)/C(C#N)=C(/SC)C1CCCC/C1=C(/C#N)C(=O)OC. The molecule has 1 fully saturated rings. The van der Waals surface area contributed by atoms with E-state index in [0.29, 0.717) is 23.3 Å². The predicted octanol–water partition coefficient (Wildman–Crippen LogP) is 2.87. The van der Waals surface area contributed by atoms with Gasteiger partial charge in [0, 0.05) is 10.8 Å². The predicted molar refractivity (Wildman–Crippen MR) is 89.4 cm³/mol. The van der Waals surface area contributed by atoms with E-state index >= 15 is 0 Å². The van der Waals surface area contributed by atoms with Crippen LogP contribution in [0.3, 0.4) is 0 Å². The molecule has 24 heavy (non-hydrogen) atoms. The van der Waals surface area contributed by atoms with Gasteiger partial charge in [-0.05, 0) is 38.0 Å². The third kappa shape index (κ3) is 4.39. The van der Waals surface area contributed by atoms with E-state index in [4.69, 9.17) is 9.47 Å². The van der Waals surface area contributed by atoms with Crippen molar-refractivity contribution in [3.05, 3.63) is 21.6 Å². The quantitative estimate of drug-likeness (QED) is 0.428. The third-order valence-corrected chi connectivity index (χ3v) is 4.73. The summed E-state index contributed by atoms with van der Waals surface area (Å²) in [6.07, 6.45) is 4.73. The number of nitrogens with zero attached hydrogens (tertiary/aromatic N) is 2. The summed E-state index contributed by atoms with van der Waals surface area (Å²) in [7, 11) is 1.22. The summed E-state index contributed by atoms with van der Waals surface area (Å²) in [5.41, 5.74) is 0.544. The van der Waals surface area contributed by atoms with Crippen molar-refractivity contribution in [1.29, 1.82) is 10.5 Å². The maximum absolute atomic E-state index is 12.1. The van der Waals surface area contributed by atoms with E-state index < -0.39 is 11.9 Å². The van der Waals surface area contributed by atoms with Crippen LogP contribution in [0.2, 0.25) is 0 Å². The number of carbonyl (C=O) groups excluding carboxylic acids is 2. The Labute approximate surface area is 146 Å². The molecule has 1 aliphatic rings. The number of carbonyl (C=O) groups is 2. The van der Waals surface area contributed by atoms with Gasteiger partial charge in [-0.25, -0.2) is 9.59 Å². The number of methoxy groups -OCH3 is 1. The summed E-state index contributed by atoms with van der Waals surface area (Å²) in [5, 5.41) is 18.8. The van der Waals surface area contributed by atoms with Gasteiger partial charge in [0.05, 0.1) is 13.7 Å². The fourth-order valence-electron chi connectivity index (χ4n) is 2.77. The molecule has 0 spiro atoms. The highest BCUT2D eigenvalue weighted by atomic mass is 32.2. The zero-order valence-corrected chi connectivity index (χ0v) is 14.9. The Bertz CT molecular complexity index is 652. The molecule has 0 radical (unpaired) electrons. The Morgan fingerprint density at radius 1 is 1.25 bits per heavy atom. The monoisotopic (exact) mass is 348 g/mol. The fourth-order valence-corrected chi connectivity index (χ4v) is 3.65. The van der Waals surface area contributed by atoms with Gasteiger partial charge < -0.3 is 9.47 Å². The second-order valence-electron chi connectivity index (χ2n) is 5.08. The molecule has 1 atom stereocenters. The van der Waals surface area contributed by atoms with Crippen LogP contribution in [0.5, 0.6) is 0 Å². The molecule has 0 N–H and O–H groups in total. The van der Waals surface area contributed by atoms with Crippen LogP contribution in [0.15, 0.2) is 21.6 Å². The first kappa shape index (κ1) is 19.8. The minimum absolute atomic E-state index is 0.0325. The number of rotatable bonds is 5. The van der Waals surface area contributed by atoms with Crippen molar-refractivity contribution in [1.82, 2.24) is 0 Å². The lowest BCUT2D eigenvalue weighted by atomic mass is 9.80. The molecular formula is C17H20N2O4S. The molecule has 0 aromatic heterocycles. The summed E-state index contributed by atoms with van der Waals surface area (Å²) in [6.45, 7) is 1.84. The van der Waals surface area contributed by atoms with Crippen LogP contribution in [0.4, 0.5) is 0 Å². The first-order valence-corrected chi connectivity index (χ1v) is 8.84. The highest BCUT2D eigenvalue weighted by Crippen LogP contribution is 2.41. The van der Waals surface area contributed by atoms with Crippen LogP contribution in [0, 0.1) is 28.6 Å². The molecule has 1 saturated carbocycles. The lowest BCUT2D eigenvalue weighted by Gasteiger charge is -2.28. The second kappa shape index (κ2) is 9.79. The van der Waals surface area contributed by atoms with Gasteiger partial charge in [-0.1, -0.05) is 6.42 Å². The molecule has 1 rings (SSSR count). The van der Waals surface area contributed by atoms with Gasteiger partial charge in [-0.15, -0.1) is 11.8 Å². The number of thioether (sulfide) groups is 1. The standard InChI is InChI=1S/C17H20N2O4S/c1-4-23-17(21)14(10-19)15(24-3)12-8-6-5-7-11(12)13(9-18)16(20)22-2/h12H,4-8H2,1-3H3/b13-11+,15-14+. The van der Waals surface area contributed by atoms with Crippen molar-refractivity contribution in [3.8, 4) is 12.1 Å². The van der Waals surface area contributed by atoms with Gasteiger partial charge >= 0.3 is 11.9 Å². The van der Waals surface area contributed by atoms with Crippen LogP contribution in [0.1, 0.15) is 32.6 Å². The molecule has 0 aliphatic heterocycles. The molecule has 0 saturated heterocycles. The van der Waals surface area contributed by atoms with E-state index in [1.807, 2.05) is 12.1 Å². The van der Waals surface area contributed by atoms with Crippen LogP contribution in [-0.4, -0.2) is 31.9 Å². The number of hydrogen-bond acceptors (Lipinski definition) is 7. The summed E-state index contributed by atoms with van der Waals surface area (Å²) in [6, 6.07) is 3.84. The Balaban J connectivity index is 3.48. The maximum Gasteiger partial charge on any atom is 0.349 e. The number of nitriles is 2. The summed E-state index contributed by atoms with van der Waals surface area (Å²) in [5.74, 6) is -1.68. The van der Waals surface area contributed by atoms with Gasteiger partial charge in [0.2, 0.25) is 0 Å². The highest BCUT2D eigenvalue weighted by molar-refractivity contribution is 8.02. The van der Waals surface area contributed by atoms with Crippen molar-refractivity contribution in [2.75, 3.05) is 20.0 Å². The minimum Gasteiger partial charge on any atom is -0.465 e. The molecular weight excluding hydrogens is 328 g/mol. The molecule has 0 bridgehead atoms. The average Bonchev–Trinajstić information content (AvgIpc) is 2.60. The highest BCUT2D eigenvalue weighted by Gasteiger charge is 2.32. The molecule has 128 valence electrons. The summed E-state index contributed by atoms with van der Waals surface area (Å²) >= 11 is 1.27. The lowest BCUT2D eigenvalue weighted by Crippen LogP contribution is -2.20. The normalized spacial score (nSPS) is 20.1. The van der Waals surface area contributed by atoms with E-state index in [9.17, 15) is 20.1 Å². The molecule has 0 amide bonds. The molecule has 1 aliphatic carbocycles. The van der Waals surface area contributed by atoms with Gasteiger partial charge in [-0.3, -0.25) is 0 Å². The smallest absolute Gasteiger partial charge is 0.349 e. The molecule has 0 heterocycles. The van der Waals surface area contributed by atoms with Crippen molar-refractivity contribution >= 4 is 23.7 Å². The summed E-state index contributed by atoms with van der Waals surface area (Å²) < 4.78 is 9.65. The van der Waals surface area contributed by atoms with E-state index in [1.165, 1.54) is 18.9 Å². The van der Waals surface area contributed by atoms with Crippen molar-refractivity contribution in [2.24, 2.45) is 5.92 Å². The van der Waals surface area contributed by atoms with Crippen LogP contribution < -0.4 is 0 Å². The van der Waals surface area contributed by atoms with E-state index in [2.05, 4.69) is 0 Å². The van der Waals surface area contributed by atoms with Gasteiger partial charge in [-0.2, -0.15) is 10.5 Å². The van der Waals surface area contributed by atoms with Gasteiger partial charge in [0.15, 0.2) is 0 Å². The zero-order chi connectivity index (χ0) is 18.1. The van der Waals surface area contributed by atoms with Gasteiger partial charge in [0.1, 0.15) is 23.3 Å². The van der Waals surface area contributed by atoms with Gasteiger partial charge in [0.25, 0.3) is 0 Å². The number of ether oxygens (including phenoxy) is 2. The Morgan fingerprint density at radius 2 is 1.96 bits per heavy atom. The van der Waals surface area contributed by atoms with E-state index in [1.54, 1.807) is 13.2 Å². The van der Waals surface area contributed by atoms with Crippen LogP contribution in [-0.2, 0) is 19.1 Å². The van der Waals surface area contributed by atoms with Crippen molar-refractivity contribution in [3.63, 3.8) is 0 Å². The number of esters is 2. The van der Waals surface area contributed by atoms with Crippen LogP contribution >= 0.6 is 11.8 Å². The van der Waals surface area contributed by atoms with Crippen LogP contribution in [0.25, 0.3) is 0 Å². The Morgan fingerprint density at radius 3 is 2.46 bits per heavy atom. The first-order chi connectivity index (χ1) is 11.5. The minimum atomic E-state index is -0.686. The third-order valence-electron chi connectivity index (χ3n) is 3.81. The Kier molecular flexibility index (Phi) is 8.08. The molecule has 7 heteroatoms. The molecule has 0 aromatic rings. The van der Waals surface area contributed by atoms with Crippen molar-refractivity contribution < 1.29 is 19.1 Å². The van der Waals surface area contributed by atoms with Crippen molar-refractivity contribution in [2.45, 2.75) is 32.6 Å². The molecule has 6 nitrogen and oxygen atoms in total. The maximum atomic E-state index is 12.1. The average molecular weight is 348 g/mol. The topological polar surface area (TPSA) is 100 Å².